The molecule has 0 aliphatic carbocycles. The van der Waals surface area contributed by atoms with Crippen molar-refractivity contribution in [3.8, 4) is 0 Å². The van der Waals surface area contributed by atoms with Crippen molar-refractivity contribution in [1.82, 2.24) is 25.0 Å². The van der Waals surface area contributed by atoms with Crippen LogP contribution in [0.3, 0.4) is 0 Å². The second-order valence-electron chi connectivity index (χ2n) is 4.95. The minimum absolute atomic E-state index is 0.0499. The monoisotopic (exact) mass is 287 g/mol. The maximum absolute atomic E-state index is 12.1. The molecular weight excluding hydrogens is 270 g/mol. The molecule has 0 saturated carbocycles. The highest BCUT2D eigenvalue weighted by atomic mass is 16.2. The number of carbonyl (C=O) groups is 1. The normalized spacial score (nSPS) is 13.7. The Morgan fingerprint density at radius 1 is 1.33 bits per heavy atom. The fourth-order valence-electron chi connectivity index (χ4n) is 2.32. The van der Waals surface area contributed by atoms with Crippen molar-refractivity contribution in [2.45, 2.75) is 26.2 Å². The molecule has 1 amide bonds. The van der Waals surface area contributed by atoms with Crippen molar-refractivity contribution in [2.24, 2.45) is 0 Å². The first-order valence-electron chi connectivity index (χ1n) is 6.92. The van der Waals surface area contributed by atoms with Crippen LogP contribution < -0.4 is 16.3 Å². The van der Waals surface area contributed by atoms with Crippen LogP contribution in [0.1, 0.15) is 11.4 Å². The van der Waals surface area contributed by atoms with Crippen LogP contribution in [-0.4, -0.2) is 26.8 Å². The van der Waals surface area contributed by atoms with Crippen LogP contribution >= 0.6 is 0 Å². The molecule has 1 aliphatic heterocycles. The minimum Gasteiger partial charge on any atom is -0.350 e. The number of fused-ring (bicyclic) bond motifs is 1. The number of hydrogen-bond acceptors (Lipinski definition) is 4. The standard InChI is InChI=1S/C14H17N5O2/c20-13(16-8-11-4-2-1-3-5-11)10-19-14(21)18-7-6-15-9-12(18)17-19/h1-5,15H,6-10H2,(H,16,20). The highest BCUT2D eigenvalue weighted by Crippen LogP contribution is 1.99. The van der Waals surface area contributed by atoms with Gasteiger partial charge in [0, 0.05) is 19.6 Å². The van der Waals surface area contributed by atoms with E-state index in [2.05, 4.69) is 15.7 Å². The highest BCUT2D eigenvalue weighted by Gasteiger charge is 2.17. The maximum atomic E-state index is 12.1. The molecule has 7 nitrogen and oxygen atoms in total. The van der Waals surface area contributed by atoms with Crippen molar-refractivity contribution >= 4 is 5.91 Å². The fraction of sp³-hybridized carbons (Fsp3) is 0.357. The van der Waals surface area contributed by atoms with E-state index in [-0.39, 0.29) is 18.1 Å². The summed E-state index contributed by atoms with van der Waals surface area (Å²) in [4.78, 5) is 24.0. The topological polar surface area (TPSA) is 81.0 Å². The molecule has 2 heterocycles. The van der Waals surface area contributed by atoms with Gasteiger partial charge in [0.1, 0.15) is 12.4 Å². The molecule has 0 radical (unpaired) electrons. The van der Waals surface area contributed by atoms with Crippen LogP contribution in [0, 0.1) is 0 Å². The van der Waals surface area contributed by atoms with Crippen LogP contribution in [0.2, 0.25) is 0 Å². The van der Waals surface area contributed by atoms with E-state index in [0.29, 0.717) is 25.5 Å². The molecule has 0 unspecified atom stereocenters. The average Bonchev–Trinajstić information content (AvgIpc) is 2.83. The minimum atomic E-state index is -0.221. The van der Waals surface area contributed by atoms with E-state index in [9.17, 15) is 9.59 Å². The van der Waals surface area contributed by atoms with Gasteiger partial charge < -0.3 is 10.6 Å². The molecule has 0 spiro atoms. The second-order valence-corrected chi connectivity index (χ2v) is 4.95. The molecule has 2 aromatic rings. The number of nitrogens with one attached hydrogen (secondary N) is 2. The summed E-state index contributed by atoms with van der Waals surface area (Å²) in [7, 11) is 0. The van der Waals surface area contributed by atoms with E-state index in [1.165, 1.54) is 4.68 Å². The van der Waals surface area contributed by atoms with Gasteiger partial charge in [-0.05, 0) is 5.56 Å². The van der Waals surface area contributed by atoms with Crippen LogP contribution in [0.25, 0.3) is 0 Å². The zero-order chi connectivity index (χ0) is 14.7. The number of rotatable bonds is 4. The lowest BCUT2D eigenvalue weighted by atomic mass is 10.2. The molecular formula is C14H17N5O2. The third-order valence-electron chi connectivity index (χ3n) is 3.42. The second kappa shape index (κ2) is 5.92. The maximum Gasteiger partial charge on any atom is 0.346 e. The SMILES string of the molecule is O=C(Cn1nc2n(c1=O)CCNC2)NCc1ccccc1. The molecule has 0 fully saturated rings. The lowest BCUT2D eigenvalue weighted by Crippen LogP contribution is -2.36. The number of benzene rings is 1. The Kier molecular flexibility index (Phi) is 3.83. The van der Waals surface area contributed by atoms with Gasteiger partial charge in [0.05, 0.1) is 6.54 Å². The molecule has 1 aromatic heterocycles. The summed E-state index contributed by atoms with van der Waals surface area (Å²) in [5, 5.41) is 10.1. The van der Waals surface area contributed by atoms with Crippen molar-refractivity contribution < 1.29 is 4.79 Å². The van der Waals surface area contributed by atoms with Gasteiger partial charge in [-0.15, -0.1) is 0 Å². The van der Waals surface area contributed by atoms with Gasteiger partial charge in [0.2, 0.25) is 5.91 Å². The van der Waals surface area contributed by atoms with Gasteiger partial charge >= 0.3 is 5.69 Å². The van der Waals surface area contributed by atoms with Crippen LogP contribution in [-0.2, 0) is 31.0 Å². The number of hydrogen-bond donors (Lipinski definition) is 2. The Balaban J connectivity index is 1.63. The summed E-state index contributed by atoms with van der Waals surface area (Å²) in [6, 6.07) is 9.64. The lowest BCUT2D eigenvalue weighted by Gasteiger charge is -2.11. The summed E-state index contributed by atoms with van der Waals surface area (Å²) < 4.78 is 2.84. The number of aromatic nitrogens is 3. The number of carbonyl (C=O) groups excluding carboxylic acids is 1. The molecule has 7 heteroatoms. The van der Waals surface area contributed by atoms with Crippen LogP contribution in [0.5, 0.6) is 0 Å². The number of nitrogens with zero attached hydrogens (tertiary/aromatic N) is 3. The van der Waals surface area contributed by atoms with Gasteiger partial charge in [0.25, 0.3) is 0 Å². The molecule has 1 aliphatic rings. The quantitative estimate of drug-likeness (QED) is 0.792. The van der Waals surface area contributed by atoms with Crippen molar-refractivity contribution in [3.63, 3.8) is 0 Å². The van der Waals surface area contributed by atoms with E-state index in [1.54, 1.807) is 4.57 Å². The Bertz CT molecular complexity index is 689. The molecule has 110 valence electrons. The largest absolute Gasteiger partial charge is 0.350 e. The Morgan fingerprint density at radius 2 is 2.14 bits per heavy atom. The molecule has 21 heavy (non-hydrogen) atoms. The van der Waals surface area contributed by atoms with E-state index in [4.69, 9.17) is 0 Å². The zero-order valence-corrected chi connectivity index (χ0v) is 11.6. The first-order valence-corrected chi connectivity index (χ1v) is 6.92. The molecule has 0 bridgehead atoms. The third kappa shape index (κ3) is 3.03. The molecule has 0 saturated heterocycles. The summed E-state index contributed by atoms with van der Waals surface area (Å²) in [5.74, 6) is 0.464. The number of amides is 1. The predicted molar refractivity (Wildman–Crippen MR) is 76.5 cm³/mol. The lowest BCUT2D eigenvalue weighted by molar-refractivity contribution is -0.122. The summed E-state index contributed by atoms with van der Waals surface area (Å²) >= 11 is 0. The van der Waals surface area contributed by atoms with Gasteiger partial charge in [-0.2, -0.15) is 5.10 Å². The van der Waals surface area contributed by atoms with E-state index in [0.717, 1.165) is 12.1 Å². The van der Waals surface area contributed by atoms with Crippen LogP contribution in [0.4, 0.5) is 0 Å². The van der Waals surface area contributed by atoms with Crippen molar-refractivity contribution in [2.75, 3.05) is 6.54 Å². The highest BCUT2D eigenvalue weighted by molar-refractivity contribution is 5.75. The van der Waals surface area contributed by atoms with E-state index in [1.807, 2.05) is 30.3 Å². The fourth-order valence-corrected chi connectivity index (χ4v) is 2.32. The van der Waals surface area contributed by atoms with Crippen LogP contribution in [0.15, 0.2) is 35.1 Å². The van der Waals surface area contributed by atoms with E-state index < -0.39 is 0 Å². The first kappa shape index (κ1) is 13.6. The van der Waals surface area contributed by atoms with Gasteiger partial charge in [-0.25, -0.2) is 9.48 Å². The summed E-state index contributed by atoms with van der Waals surface area (Å²) in [5.41, 5.74) is 0.799. The average molecular weight is 287 g/mol. The van der Waals surface area contributed by atoms with Gasteiger partial charge in [0.15, 0.2) is 0 Å². The van der Waals surface area contributed by atoms with Gasteiger partial charge in [-0.1, -0.05) is 30.3 Å². The van der Waals surface area contributed by atoms with Crippen molar-refractivity contribution in [1.29, 1.82) is 0 Å². The predicted octanol–water partition coefficient (Wildman–Crippen LogP) is -0.536. The Hall–Kier alpha value is -2.41. The zero-order valence-electron chi connectivity index (χ0n) is 11.6. The molecule has 0 atom stereocenters. The van der Waals surface area contributed by atoms with Gasteiger partial charge in [-0.3, -0.25) is 9.36 Å². The smallest absolute Gasteiger partial charge is 0.346 e. The summed E-state index contributed by atoms with van der Waals surface area (Å²) in [6.45, 7) is 2.31. The first-order chi connectivity index (χ1) is 10.2. The Morgan fingerprint density at radius 3 is 2.90 bits per heavy atom. The Labute approximate surface area is 121 Å². The van der Waals surface area contributed by atoms with Crippen molar-refractivity contribution in [3.05, 3.63) is 52.2 Å². The van der Waals surface area contributed by atoms with E-state index >= 15 is 0 Å². The third-order valence-corrected chi connectivity index (χ3v) is 3.42. The molecule has 1 aromatic carbocycles. The summed E-state index contributed by atoms with van der Waals surface area (Å²) in [6.07, 6.45) is 0. The molecule has 2 N–H and O–H groups in total. The molecule has 3 rings (SSSR count).